The van der Waals surface area contributed by atoms with E-state index in [1.807, 2.05) is 0 Å². The summed E-state index contributed by atoms with van der Waals surface area (Å²) in [5.74, 6) is -2.10. The maximum absolute atomic E-state index is 11.7. The number of aliphatic hydroxyl groups excluding tert-OH is 1. The largest absolute Gasteiger partial charge is 0.391 e. The molecule has 1 unspecified atom stereocenters. The molecular weight excluding hydrogens is 390 g/mol. The molecule has 0 spiro atoms. The monoisotopic (exact) mass is 421 g/mol. The summed E-state index contributed by atoms with van der Waals surface area (Å²) in [7, 11) is 3.16. The maximum atomic E-state index is 11.7. The molecule has 1 aliphatic rings. The van der Waals surface area contributed by atoms with Crippen molar-refractivity contribution in [3.63, 3.8) is 0 Å². The van der Waals surface area contributed by atoms with E-state index in [0.29, 0.717) is 51.1 Å². The van der Waals surface area contributed by atoms with E-state index >= 15 is 0 Å². The van der Waals surface area contributed by atoms with Crippen LogP contribution in [0.5, 0.6) is 0 Å². The van der Waals surface area contributed by atoms with E-state index in [0.717, 1.165) is 0 Å². The zero-order valence-corrected chi connectivity index (χ0v) is 17.0. The Bertz CT molecular complexity index is 473. The molecule has 1 atom stereocenters. The van der Waals surface area contributed by atoms with Crippen molar-refractivity contribution in [3.05, 3.63) is 0 Å². The number of methoxy groups -OCH3 is 2. The summed E-state index contributed by atoms with van der Waals surface area (Å²) in [5.41, 5.74) is 0. The van der Waals surface area contributed by atoms with Gasteiger partial charge in [0.2, 0.25) is 0 Å². The van der Waals surface area contributed by atoms with Crippen LogP contribution in [0.15, 0.2) is 0 Å². The molecular formula is C18H31NO10. The van der Waals surface area contributed by atoms with Gasteiger partial charge in [0, 0.05) is 33.0 Å². The lowest BCUT2D eigenvalue weighted by Crippen LogP contribution is -2.34. The first-order valence-corrected chi connectivity index (χ1v) is 9.43. The molecule has 11 heteroatoms. The zero-order chi connectivity index (χ0) is 21.5. The SMILES string of the molecule is COCCOCC(COCCOC)CC(O)COCC(=O)ON1C(=O)CCC1=O. The van der Waals surface area contributed by atoms with Crippen LogP contribution in [0.2, 0.25) is 0 Å². The second-order valence-electron chi connectivity index (χ2n) is 6.45. The fourth-order valence-corrected chi connectivity index (χ4v) is 2.49. The number of nitrogens with zero attached hydrogens (tertiary/aromatic N) is 1. The first-order valence-electron chi connectivity index (χ1n) is 9.43. The molecule has 0 radical (unpaired) electrons. The molecule has 0 aromatic rings. The summed E-state index contributed by atoms with van der Waals surface area (Å²) in [5, 5.41) is 10.6. The van der Waals surface area contributed by atoms with E-state index in [-0.39, 0.29) is 25.4 Å². The Kier molecular flexibility index (Phi) is 13.4. The molecule has 0 bridgehead atoms. The second kappa shape index (κ2) is 15.2. The molecule has 0 aromatic carbocycles. The van der Waals surface area contributed by atoms with Crippen LogP contribution in [0.1, 0.15) is 19.3 Å². The predicted octanol–water partition coefficient (Wildman–Crippen LogP) is -0.697. The lowest BCUT2D eigenvalue weighted by molar-refractivity contribution is -0.200. The van der Waals surface area contributed by atoms with Gasteiger partial charge in [0.1, 0.15) is 6.61 Å². The standard InChI is InChI=1S/C18H31NO10/c1-24-5-7-26-10-14(11-27-8-6-25-2)9-15(20)12-28-13-18(23)29-19-16(21)3-4-17(19)22/h14-15,20H,3-13H2,1-2H3. The highest BCUT2D eigenvalue weighted by Gasteiger charge is 2.32. The fourth-order valence-electron chi connectivity index (χ4n) is 2.49. The van der Waals surface area contributed by atoms with Gasteiger partial charge in [-0.05, 0) is 6.42 Å². The summed E-state index contributed by atoms with van der Waals surface area (Å²) in [4.78, 5) is 39.1. The Morgan fingerprint density at radius 3 is 2.00 bits per heavy atom. The van der Waals surface area contributed by atoms with Crippen LogP contribution >= 0.6 is 0 Å². The van der Waals surface area contributed by atoms with E-state index in [1.54, 1.807) is 14.2 Å². The van der Waals surface area contributed by atoms with Gasteiger partial charge >= 0.3 is 5.97 Å². The van der Waals surface area contributed by atoms with Gasteiger partial charge in [0.15, 0.2) is 0 Å². The van der Waals surface area contributed by atoms with Crippen molar-refractivity contribution in [2.45, 2.75) is 25.4 Å². The number of imide groups is 1. The molecule has 0 aromatic heterocycles. The molecule has 168 valence electrons. The van der Waals surface area contributed by atoms with Crippen LogP contribution in [-0.2, 0) is 42.9 Å². The first-order chi connectivity index (χ1) is 14.0. The number of carbonyl (C=O) groups excluding carboxylic acids is 3. The minimum Gasteiger partial charge on any atom is -0.391 e. The third-order valence-corrected chi connectivity index (χ3v) is 3.91. The van der Waals surface area contributed by atoms with Crippen LogP contribution in [0.25, 0.3) is 0 Å². The molecule has 1 rings (SSSR count). The van der Waals surface area contributed by atoms with Crippen LogP contribution in [0.4, 0.5) is 0 Å². The van der Waals surface area contributed by atoms with Crippen molar-refractivity contribution < 1.29 is 48.0 Å². The molecule has 11 nitrogen and oxygen atoms in total. The number of hydrogen-bond donors (Lipinski definition) is 1. The number of carbonyl (C=O) groups is 3. The number of hydrogen-bond acceptors (Lipinski definition) is 10. The molecule has 1 fully saturated rings. The van der Waals surface area contributed by atoms with Crippen molar-refractivity contribution in [2.75, 3.05) is 67.1 Å². The third-order valence-electron chi connectivity index (χ3n) is 3.91. The van der Waals surface area contributed by atoms with E-state index in [9.17, 15) is 19.5 Å². The number of ether oxygens (including phenoxy) is 5. The third kappa shape index (κ3) is 11.2. The number of aliphatic hydroxyl groups is 1. The van der Waals surface area contributed by atoms with Crippen molar-refractivity contribution in [1.82, 2.24) is 5.06 Å². The second-order valence-corrected chi connectivity index (χ2v) is 6.45. The van der Waals surface area contributed by atoms with Crippen LogP contribution in [0, 0.1) is 5.92 Å². The highest BCUT2D eigenvalue weighted by Crippen LogP contribution is 2.12. The minimum atomic E-state index is -0.886. The minimum absolute atomic E-state index is 0.0198. The van der Waals surface area contributed by atoms with E-state index < -0.39 is 30.5 Å². The first kappa shape index (κ1) is 25.4. The van der Waals surface area contributed by atoms with E-state index in [4.69, 9.17) is 23.7 Å². The Morgan fingerprint density at radius 1 is 0.931 bits per heavy atom. The number of amides is 2. The van der Waals surface area contributed by atoms with E-state index in [2.05, 4.69) is 4.84 Å². The molecule has 0 aliphatic carbocycles. The van der Waals surface area contributed by atoms with Gasteiger partial charge in [-0.1, -0.05) is 0 Å². The average molecular weight is 421 g/mol. The number of hydroxylamine groups is 2. The van der Waals surface area contributed by atoms with Gasteiger partial charge in [-0.25, -0.2) is 4.79 Å². The Hall–Kier alpha value is -1.63. The lowest BCUT2D eigenvalue weighted by Gasteiger charge is -2.20. The molecule has 2 amide bonds. The van der Waals surface area contributed by atoms with Crippen molar-refractivity contribution in [1.29, 1.82) is 0 Å². The Morgan fingerprint density at radius 2 is 1.48 bits per heavy atom. The molecule has 1 heterocycles. The summed E-state index contributed by atoms with van der Waals surface area (Å²) >= 11 is 0. The van der Waals surface area contributed by atoms with Gasteiger partial charge in [0.05, 0.1) is 52.4 Å². The van der Waals surface area contributed by atoms with Gasteiger partial charge in [-0.3, -0.25) is 9.59 Å². The summed E-state index contributed by atoms with van der Waals surface area (Å²) < 4.78 is 26.0. The predicted molar refractivity (Wildman–Crippen MR) is 97.5 cm³/mol. The van der Waals surface area contributed by atoms with Gasteiger partial charge in [-0.15, -0.1) is 5.06 Å². The molecule has 1 N–H and O–H groups in total. The summed E-state index contributed by atoms with van der Waals surface area (Å²) in [6.45, 7) is 1.91. The van der Waals surface area contributed by atoms with Crippen LogP contribution in [-0.4, -0.2) is 101 Å². The summed E-state index contributed by atoms with van der Waals surface area (Å²) in [6, 6.07) is 0. The van der Waals surface area contributed by atoms with Crippen molar-refractivity contribution >= 4 is 17.8 Å². The highest BCUT2D eigenvalue weighted by atomic mass is 16.7. The fraction of sp³-hybridized carbons (Fsp3) is 0.833. The quantitative estimate of drug-likeness (QED) is 0.238. The average Bonchev–Trinajstić information content (AvgIpc) is 3.00. The normalized spacial score (nSPS) is 15.4. The lowest BCUT2D eigenvalue weighted by atomic mass is 10.0. The topological polar surface area (TPSA) is 130 Å². The van der Waals surface area contributed by atoms with Crippen LogP contribution in [0.3, 0.4) is 0 Å². The molecule has 1 aliphatic heterocycles. The zero-order valence-electron chi connectivity index (χ0n) is 17.0. The molecule has 29 heavy (non-hydrogen) atoms. The smallest absolute Gasteiger partial charge is 0.358 e. The molecule has 0 saturated carbocycles. The van der Waals surface area contributed by atoms with Crippen LogP contribution < -0.4 is 0 Å². The van der Waals surface area contributed by atoms with Crippen molar-refractivity contribution in [2.24, 2.45) is 5.92 Å². The summed E-state index contributed by atoms with van der Waals surface area (Å²) in [6.07, 6.45) is -0.490. The van der Waals surface area contributed by atoms with E-state index in [1.165, 1.54) is 0 Å². The Labute approximate surface area is 170 Å². The van der Waals surface area contributed by atoms with Crippen molar-refractivity contribution in [3.8, 4) is 0 Å². The number of rotatable bonds is 17. The molecule has 1 saturated heterocycles. The Balaban J connectivity index is 2.28. The van der Waals surface area contributed by atoms with Gasteiger partial charge in [0.25, 0.3) is 11.8 Å². The van der Waals surface area contributed by atoms with Gasteiger partial charge in [-0.2, -0.15) is 0 Å². The highest BCUT2D eigenvalue weighted by molar-refractivity contribution is 6.01. The maximum Gasteiger partial charge on any atom is 0.358 e. The van der Waals surface area contributed by atoms with Gasteiger partial charge < -0.3 is 33.6 Å².